The molecule has 0 saturated carbocycles. The number of carbonyl (C=O) groups is 3. The summed E-state index contributed by atoms with van der Waals surface area (Å²) in [5, 5.41) is 2.87. The molecule has 4 rings (SSSR count). The number of fused-ring (bicyclic) bond motifs is 1. The van der Waals surface area contributed by atoms with E-state index in [1.54, 1.807) is 24.3 Å². The van der Waals surface area contributed by atoms with E-state index in [1.807, 2.05) is 28.8 Å². The maximum absolute atomic E-state index is 12.8. The van der Waals surface area contributed by atoms with Crippen molar-refractivity contribution in [1.82, 2.24) is 9.55 Å². The van der Waals surface area contributed by atoms with E-state index >= 15 is 0 Å². The zero-order valence-corrected chi connectivity index (χ0v) is 15.5. The van der Waals surface area contributed by atoms with E-state index in [0.29, 0.717) is 17.2 Å². The van der Waals surface area contributed by atoms with Crippen molar-refractivity contribution in [2.24, 2.45) is 0 Å². The van der Waals surface area contributed by atoms with Crippen molar-refractivity contribution in [2.75, 3.05) is 10.2 Å². The smallest absolute Gasteiger partial charge is 0.258 e. The van der Waals surface area contributed by atoms with Gasteiger partial charge in [0.15, 0.2) is 0 Å². The molecule has 0 aliphatic carbocycles. The van der Waals surface area contributed by atoms with Gasteiger partial charge in [0.05, 0.1) is 16.7 Å². The molecule has 1 N–H and O–H groups in total. The number of hydrogen-bond donors (Lipinski definition) is 1. The number of carbonyl (C=O) groups excluding carboxylic acids is 3. The van der Waals surface area contributed by atoms with Crippen molar-refractivity contribution < 1.29 is 14.4 Å². The van der Waals surface area contributed by atoms with Gasteiger partial charge in [-0.05, 0) is 36.8 Å². The second kappa shape index (κ2) is 7.26. The van der Waals surface area contributed by atoms with Gasteiger partial charge in [-0.15, -0.1) is 0 Å². The Morgan fingerprint density at radius 1 is 1.07 bits per heavy atom. The monoisotopic (exact) mass is 376 g/mol. The Bertz CT molecular complexity index is 1070. The van der Waals surface area contributed by atoms with E-state index in [4.69, 9.17) is 0 Å². The van der Waals surface area contributed by atoms with Crippen LogP contribution in [0.4, 0.5) is 11.6 Å². The highest BCUT2D eigenvalue weighted by atomic mass is 16.2. The van der Waals surface area contributed by atoms with E-state index in [2.05, 4.69) is 17.2 Å². The van der Waals surface area contributed by atoms with Crippen LogP contribution in [0.15, 0.2) is 48.5 Å². The summed E-state index contributed by atoms with van der Waals surface area (Å²) in [4.78, 5) is 42.4. The van der Waals surface area contributed by atoms with Gasteiger partial charge in [-0.1, -0.05) is 25.1 Å². The van der Waals surface area contributed by atoms with Crippen LogP contribution >= 0.6 is 0 Å². The molecule has 2 heterocycles. The molecular formula is C21H20N4O3. The number of anilines is 2. The first kappa shape index (κ1) is 17.9. The predicted molar refractivity (Wildman–Crippen MR) is 106 cm³/mol. The lowest BCUT2D eigenvalue weighted by molar-refractivity contribution is -0.121. The zero-order chi connectivity index (χ0) is 19.7. The number of imidazole rings is 1. The van der Waals surface area contributed by atoms with E-state index in [-0.39, 0.29) is 30.6 Å². The quantitative estimate of drug-likeness (QED) is 0.692. The highest BCUT2D eigenvalue weighted by molar-refractivity contribution is 6.20. The highest BCUT2D eigenvalue weighted by Crippen LogP contribution is 2.25. The Labute approximate surface area is 162 Å². The fourth-order valence-corrected chi connectivity index (χ4v) is 3.45. The SMILES string of the molecule is CCCn1c(NC(=O)c2cccc(N3C(=O)CCC3=O)c2)nc2ccccc21. The predicted octanol–water partition coefficient (Wildman–Crippen LogP) is 3.35. The molecule has 3 amide bonds. The van der Waals surface area contributed by atoms with Gasteiger partial charge >= 0.3 is 0 Å². The Kier molecular flexibility index (Phi) is 4.65. The second-order valence-electron chi connectivity index (χ2n) is 6.70. The molecule has 142 valence electrons. The molecule has 1 aliphatic rings. The number of benzene rings is 2. The molecule has 0 radical (unpaired) electrons. The van der Waals surface area contributed by atoms with Gasteiger partial charge in [0, 0.05) is 24.9 Å². The molecule has 0 bridgehead atoms. The molecule has 2 aromatic carbocycles. The molecule has 1 aliphatic heterocycles. The largest absolute Gasteiger partial charge is 0.310 e. The summed E-state index contributed by atoms with van der Waals surface area (Å²) in [5.74, 6) is -0.347. The van der Waals surface area contributed by atoms with E-state index in [1.165, 1.54) is 0 Å². The lowest BCUT2D eigenvalue weighted by atomic mass is 10.1. The van der Waals surface area contributed by atoms with E-state index < -0.39 is 0 Å². The number of imide groups is 1. The minimum absolute atomic E-state index is 0.205. The molecule has 3 aromatic rings. The second-order valence-corrected chi connectivity index (χ2v) is 6.70. The number of amides is 3. The van der Waals surface area contributed by atoms with Crippen LogP contribution in [0.25, 0.3) is 11.0 Å². The molecule has 0 spiro atoms. The third-order valence-corrected chi connectivity index (χ3v) is 4.75. The number of rotatable bonds is 5. The fraction of sp³-hybridized carbons (Fsp3) is 0.238. The Hall–Kier alpha value is -3.48. The van der Waals surface area contributed by atoms with Gasteiger partial charge in [-0.2, -0.15) is 0 Å². The first-order valence-electron chi connectivity index (χ1n) is 9.31. The molecule has 1 aromatic heterocycles. The topological polar surface area (TPSA) is 84.3 Å². The van der Waals surface area contributed by atoms with E-state index in [0.717, 1.165) is 28.9 Å². The highest BCUT2D eigenvalue weighted by Gasteiger charge is 2.30. The van der Waals surface area contributed by atoms with Gasteiger partial charge < -0.3 is 4.57 Å². The Morgan fingerprint density at radius 2 is 1.82 bits per heavy atom. The summed E-state index contributed by atoms with van der Waals surface area (Å²) in [6.07, 6.45) is 1.31. The number of aromatic nitrogens is 2. The summed E-state index contributed by atoms with van der Waals surface area (Å²) in [6, 6.07) is 14.3. The normalized spacial score (nSPS) is 14.1. The van der Waals surface area contributed by atoms with Crippen molar-refractivity contribution in [3.8, 4) is 0 Å². The average molecular weight is 376 g/mol. The van der Waals surface area contributed by atoms with Crippen LogP contribution in [0, 0.1) is 0 Å². The summed E-state index contributed by atoms with van der Waals surface area (Å²) in [7, 11) is 0. The van der Waals surface area contributed by atoms with Gasteiger partial charge in [0.2, 0.25) is 17.8 Å². The lowest BCUT2D eigenvalue weighted by Gasteiger charge is -2.15. The van der Waals surface area contributed by atoms with Crippen molar-refractivity contribution in [3.05, 3.63) is 54.1 Å². The van der Waals surface area contributed by atoms with Crippen LogP contribution in [0.5, 0.6) is 0 Å². The van der Waals surface area contributed by atoms with E-state index in [9.17, 15) is 14.4 Å². The van der Waals surface area contributed by atoms with Crippen LogP contribution < -0.4 is 10.2 Å². The number of para-hydroxylation sites is 2. The summed E-state index contributed by atoms with van der Waals surface area (Å²) in [5.41, 5.74) is 2.55. The van der Waals surface area contributed by atoms with Gasteiger partial charge in [0.25, 0.3) is 5.91 Å². The van der Waals surface area contributed by atoms with Crippen LogP contribution in [0.1, 0.15) is 36.5 Å². The number of aryl methyl sites for hydroxylation is 1. The van der Waals surface area contributed by atoms with Crippen molar-refractivity contribution in [1.29, 1.82) is 0 Å². The van der Waals surface area contributed by atoms with Gasteiger partial charge in [0.1, 0.15) is 0 Å². The molecule has 7 heteroatoms. The minimum atomic E-state index is -0.339. The van der Waals surface area contributed by atoms with Crippen molar-refractivity contribution in [2.45, 2.75) is 32.7 Å². The molecule has 0 unspecified atom stereocenters. The maximum atomic E-state index is 12.8. The third-order valence-electron chi connectivity index (χ3n) is 4.75. The summed E-state index contributed by atoms with van der Waals surface area (Å²) in [6.45, 7) is 2.79. The van der Waals surface area contributed by atoms with Crippen molar-refractivity contribution >= 4 is 40.4 Å². The standard InChI is InChI=1S/C21H20N4O3/c1-2-12-24-17-9-4-3-8-16(17)22-21(24)23-20(28)14-6-5-7-15(13-14)25-18(26)10-11-19(25)27/h3-9,13H,2,10-12H2,1H3,(H,22,23,28). The minimum Gasteiger partial charge on any atom is -0.310 e. The fourth-order valence-electron chi connectivity index (χ4n) is 3.45. The van der Waals surface area contributed by atoms with Crippen LogP contribution in [-0.2, 0) is 16.1 Å². The molecular weight excluding hydrogens is 356 g/mol. The molecule has 0 atom stereocenters. The Morgan fingerprint density at radius 3 is 2.57 bits per heavy atom. The number of nitrogens with zero attached hydrogens (tertiary/aromatic N) is 3. The van der Waals surface area contributed by atoms with Crippen LogP contribution in [-0.4, -0.2) is 27.3 Å². The molecule has 28 heavy (non-hydrogen) atoms. The van der Waals surface area contributed by atoms with Gasteiger partial charge in [-0.25, -0.2) is 4.98 Å². The number of hydrogen-bond acceptors (Lipinski definition) is 4. The van der Waals surface area contributed by atoms with Gasteiger partial charge in [-0.3, -0.25) is 24.6 Å². The molecule has 1 fully saturated rings. The average Bonchev–Trinajstić information content (AvgIpc) is 3.22. The lowest BCUT2D eigenvalue weighted by Crippen LogP contribution is -2.28. The third kappa shape index (κ3) is 3.15. The van der Waals surface area contributed by atoms with Crippen LogP contribution in [0.2, 0.25) is 0 Å². The van der Waals surface area contributed by atoms with Crippen LogP contribution in [0.3, 0.4) is 0 Å². The zero-order valence-electron chi connectivity index (χ0n) is 15.5. The maximum Gasteiger partial charge on any atom is 0.258 e. The molecule has 1 saturated heterocycles. The summed E-state index contributed by atoms with van der Waals surface area (Å²) >= 11 is 0. The first-order chi connectivity index (χ1) is 13.6. The van der Waals surface area contributed by atoms with Crippen molar-refractivity contribution in [3.63, 3.8) is 0 Å². The molecule has 7 nitrogen and oxygen atoms in total. The first-order valence-corrected chi connectivity index (χ1v) is 9.31. The summed E-state index contributed by atoms with van der Waals surface area (Å²) < 4.78 is 1.98. The number of nitrogens with one attached hydrogen (secondary N) is 1. The Balaban J connectivity index is 1.64.